The van der Waals surface area contributed by atoms with E-state index in [9.17, 15) is 14.4 Å². The number of Topliss-reactive ketones (excluding diaryl/α,β-unsaturated/α-hetero) is 2. The fourth-order valence-electron chi connectivity index (χ4n) is 4.09. The topological polar surface area (TPSA) is 54.5 Å². The van der Waals surface area contributed by atoms with Crippen LogP contribution in [0, 0.1) is 5.41 Å². The first-order valence-corrected chi connectivity index (χ1v) is 10.0. The minimum Gasteiger partial charge on any atom is -0.294 e. The van der Waals surface area contributed by atoms with E-state index < -0.39 is 5.92 Å². The van der Waals surface area contributed by atoms with Crippen molar-refractivity contribution in [2.45, 2.75) is 32.6 Å². The number of nitrogens with zero attached hydrogens (tertiary/aromatic N) is 1. The number of hydrogen-bond donors (Lipinski definition) is 0. The summed E-state index contributed by atoms with van der Waals surface area (Å²) in [4.78, 5) is 41.4. The first kappa shape index (κ1) is 18.8. The highest BCUT2D eigenvalue weighted by Crippen LogP contribution is 2.45. The second kappa shape index (κ2) is 6.82. The monoisotopic (exact) mass is 437 g/mol. The summed E-state index contributed by atoms with van der Waals surface area (Å²) < 4.78 is 0.894. The van der Waals surface area contributed by atoms with Gasteiger partial charge in [-0.3, -0.25) is 19.3 Å². The van der Waals surface area contributed by atoms with Crippen LogP contribution in [0.1, 0.15) is 38.2 Å². The highest BCUT2D eigenvalue weighted by Gasteiger charge is 2.48. The van der Waals surface area contributed by atoms with Gasteiger partial charge < -0.3 is 0 Å². The number of halogens is 1. The molecule has 4 rings (SSSR count). The number of anilines is 1. The number of ketones is 2. The third-order valence-electron chi connectivity index (χ3n) is 5.32. The molecule has 1 amide bonds. The fourth-order valence-corrected chi connectivity index (χ4v) is 4.35. The molecule has 0 N–H and O–H groups in total. The van der Waals surface area contributed by atoms with Crippen LogP contribution in [0.4, 0.5) is 5.69 Å². The Labute approximate surface area is 172 Å². The zero-order valence-corrected chi connectivity index (χ0v) is 17.3. The lowest BCUT2D eigenvalue weighted by atomic mass is 9.70. The Kier molecular flexibility index (Phi) is 4.58. The van der Waals surface area contributed by atoms with E-state index >= 15 is 0 Å². The Hall–Kier alpha value is -2.53. The summed E-state index contributed by atoms with van der Waals surface area (Å²) in [5.74, 6) is -1.84. The summed E-state index contributed by atoms with van der Waals surface area (Å²) in [6, 6.07) is 16.3. The van der Waals surface area contributed by atoms with Gasteiger partial charge in [0.1, 0.15) is 5.92 Å². The smallest absolute Gasteiger partial charge is 0.246 e. The van der Waals surface area contributed by atoms with Crippen molar-refractivity contribution in [1.29, 1.82) is 0 Å². The van der Waals surface area contributed by atoms with Gasteiger partial charge in [0, 0.05) is 22.3 Å². The van der Waals surface area contributed by atoms with E-state index in [0.717, 1.165) is 4.47 Å². The van der Waals surface area contributed by atoms with Crippen LogP contribution in [0.25, 0.3) is 0 Å². The Morgan fingerprint density at radius 3 is 2.21 bits per heavy atom. The summed E-state index contributed by atoms with van der Waals surface area (Å²) in [6.45, 7) is 3.99. The molecule has 0 bridgehead atoms. The maximum Gasteiger partial charge on any atom is 0.246 e. The van der Waals surface area contributed by atoms with Gasteiger partial charge in [-0.25, -0.2) is 0 Å². The minimum absolute atomic E-state index is 0.174. The molecule has 28 heavy (non-hydrogen) atoms. The van der Waals surface area contributed by atoms with Gasteiger partial charge in [0.2, 0.25) is 5.91 Å². The second-order valence-corrected chi connectivity index (χ2v) is 9.04. The molecule has 1 atom stereocenters. The molecule has 4 nitrogen and oxygen atoms in total. The molecule has 1 aliphatic carbocycles. The van der Waals surface area contributed by atoms with Crippen LogP contribution in [-0.4, -0.2) is 17.5 Å². The molecule has 1 unspecified atom stereocenters. The molecule has 2 aromatic rings. The highest BCUT2D eigenvalue weighted by atomic mass is 79.9. The zero-order valence-electron chi connectivity index (χ0n) is 15.7. The van der Waals surface area contributed by atoms with Crippen LogP contribution < -0.4 is 4.90 Å². The molecule has 142 valence electrons. The van der Waals surface area contributed by atoms with Gasteiger partial charge in [0.25, 0.3) is 0 Å². The maximum absolute atomic E-state index is 13.5. The van der Waals surface area contributed by atoms with Crippen molar-refractivity contribution in [3.63, 3.8) is 0 Å². The molecule has 0 aromatic heterocycles. The van der Waals surface area contributed by atoms with Crippen molar-refractivity contribution in [2.24, 2.45) is 5.41 Å². The van der Waals surface area contributed by atoms with Gasteiger partial charge in [-0.2, -0.15) is 0 Å². The van der Waals surface area contributed by atoms with Crippen LogP contribution >= 0.6 is 15.9 Å². The molecule has 1 heterocycles. The van der Waals surface area contributed by atoms with E-state index in [2.05, 4.69) is 15.9 Å². The number of carbonyl (C=O) groups excluding carboxylic acids is 3. The van der Waals surface area contributed by atoms with Crippen molar-refractivity contribution >= 4 is 39.1 Å². The highest BCUT2D eigenvalue weighted by molar-refractivity contribution is 9.10. The van der Waals surface area contributed by atoms with E-state index in [1.807, 2.05) is 44.2 Å². The van der Waals surface area contributed by atoms with Crippen LogP contribution in [-0.2, 0) is 14.4 Å². The van der Waals surface area contributed by atoms with Crippen LogP contribution in [0.15, 0.2) is 70.3 Å². The average molecular weight is 438 g/mol. The molecular weight excluding hydrogens is 418 g/mol. The van der Waals surface area contributed by atoms with Gasteiger partial charge in [0.05, 0.1) is 5.57 Å². The summed E-state index contributed by atoms with van der Waals surface area (Å²) in [6.07, 6.45) is 0.810. The van der Waals surface area contributed by atoms with E-state index in [0.29, 0.717) is 29.8 Å². The summed E-state index contributed by atoms with van der Waals surface area (Å²) >= 11 is 3.42. The molecule has 0 spiro atoms. The van der Waals surface area contributed by atoms with Gasteiger partial charge in [-0.15, -0.1) is 0 Å². The second-order valence-electron chi connectivity index (χ2n) is 8.12. The van der Waals surface area contributed by atoms with Crippen LogP contribution in [0.2, 0.25) is 0 Å². The largest absolute Gasteiger partial charge is 0.294 e. The number of hydrogen-bond acceptors (Lipinski definition) is 3. The SMILES string of the molecule is CC1(C)CC(=O)C2=C(C1)N(c1ccc(Br)cc1)C(=O)C(c1ccccc1)C2=O. The third-order valence-corrected chi connectivity index (χ3v) is 5.84. The Morgan fingerprint density at radius 2 is 1.57 bits per heavy atom. The van der Waals surface area contributed by atoms with E-state index in [4.69, 9.17) is 0 Å². The molecular formula is C23H20BrNO3. The Bertz CT molecular complexity index is 1010. The Balaban J connectivity index is 1.93. The molecule has 1 aliphatic heterocycles. The van der Waals surface area contributed by atoms with Gasteiger partial charge in [0.15, 0.2) is 11.6 Å². The van der Waals surface area contributed by atoms with Gasteiger partial charge >= 0.3 is 0 Å². The van der Waals surface area contributed by atoms with Crippen molar-refractivity contribution in [2.75, 3.05) is 4.90 Å². The third kappa shape index (κ3) is 3.14. The molecule has 0 radical (unpaired) electrons. The average Bonchev–Trinajstić information content (AvgIpc) is 2.62. The molecule has 5 heteroatoms. The number of amides is 1. The van der Waals surface area contributed by atoms with Crippen LogP contribution in [0.3, 0.4) is 0 Å². The lowest BCUT2D eigenvalue weighted by molar-refractivity contribution is -0.130. The van der Waals surface area contributed by atoms with E-state index in [-0.39, 0.29) is 28.5 Å². The summed E-state index contributed by atoms with van der Waals surface area (Å²) in [7, 11) is 0. The molecule has 0 fully saturated rings. The predicted molar refractivity (Wildman–Crippen MR) is 111 cm³/mol. The quantitative estimate of drug-likeness (QED) is 0.501. The van der Waals surface area contributed by atoms with Crippen molar-refractivity contribution in [1.82, 2.24) is 0 Å². The number of allylic oxidation sites excluding steroid dienone is 2. The zero-order chi connectivity index (χ0) is 20.1. The lowest BCUT2D eigenvalue weighted by Gasteiger charge is -2.41. The van der Waals surface area contributed by atoms with Crippen molar-refractivity contribution in [3.05, 3.63) is 75.9 Å². The first-order chi connectivity index (χ1) is 13.3. The number of carbonyl (C=O) groups is 3. The van der Waals surface area contributed by atoms with Gasteiger partial charge in [-0.05, 0) is 41.7 Å². The summed E-state index contributed by atoms with van der Waals surface area (Å²) in [5.41, 5.74) is 1.70. The first-order valence-electron chi connectivity index (χ1n) is 9.23. The van der Waals surface area contributed by atoms with E-state index in [1.165, 1.54) is 0 Å². The molecule has 0 saturated carbocycles. The lowest BCUT2D eigenvalue weighted by Crippen LogP contribution is -2.48. The Morgan fingerprint density at radius 1 is 0.929 bits per heavy atom. The minimum atomic E-state index is -0.992. The summed E-state index contributed by atoms with van der Waals surface area (Å²) in [5, 5.41) is 0. The normalized spacial score (nSPS) is 21.8. The van der Waals surface area contributed by atoms with Gasteiger partial charge in [-0.1, -0.05) is 60.1 Å². The maximum atomic E-state index is 13.5. The molecule has 2 aromatic carbocycles. The number of rotatable bonds is 2. The fraction of sp³-hybridized carbons (Fsp3) is 0.261. The molecule has 0 saturated heterocycles. The standard InChI is InChI=1S/C23H20BrNO3/c1-23(2)12-17-20(18(26)13-23)21(27)19(14-6-4-3-5-7-14)22(28)25(17)16-10-8-15(24)9-11-16/h3-11,19H,12-13H2,1-2H3. The van der Waals surface area contributed by atoms with E-state index in [1.54, 1.807) is 29.2 Å². The molecule has 2 aliphatic rings. The van der Waals surface area contributed by atoms with Crippen molar-refractivity contribution < 1.29 is 14.4 Å². The number of benzene rings is 2. The predicted octanol–water partition coefficient (Wildman–Crippen LogP) is 4.79. The van der Waals surface area contributed by atoms with Crippen LogP contribution in [0.5, 0.6) is 0 Å². The van der Waals surface area contributed by atoms with Crippen molar-refractivity contribution in [3.8, 4) is 0 Å².